The fourth-order valence-electron chi connectivity index (χ4n) is 1.75. The number of hydrogen-bond donors (Lipinski definition) is 1. The lowest BCUT2D eigenvalue weighted by Crippen LogP contribution is -2.32. The maximum Gasteiger partial charge on any atom is 0.573 e. The van der Waals surface area contributed by atoms with E-state index in [9.17, 15) is 18.0 Å². The molecule has 0 fully saturated rings. The second kappa shape index (κ2) is 7.99. The molecule has 0 aliphatic carbocycles. The van der Waals surface area contributed by atoms with Gasteiger partial charge in [-0.3, -0.25) is 4.79 Å². The van der Waals surface area contributed by atoms with Crippen LogP contribution in [0.5, 0.6) is 5.75 Å². The number of carbonyl (C=O) groups is 1. The van der Waals surface area contributed by atoms with Crippen molar-refractivity contribution >= 4 is 5.78 Å². The number of benzene rings is 1. The number of hydrogen-bond acceptors (Lipinski definition) is 4. The summed E-state index contributed by atoms with van der Waals surface area (Å²) in [5.74, 6) is -0.473. The molecular formula is C14H18F3NO3. The zero-order valence-electron chi connectivity index (χ0n) is 11.7. The summed E-state index contributed by atoms with van der Waals surface area (Å²) in [6.07, 6.45) is -3.44. The summed E-state index contributed by atoms with van der Waals surface area (Å²) in [5, 5.41) is 0. The molecule has 1 aromatic rings. The van der Waals surface area contributed by atoms with Crippen LogP contribution in [0, 0.1) is 0 Å². The molecule has 0 spiro atoms. The number of nitrogens with two attached hydrogens (primary N) is 1. The predicted molar refractivity (Wildman–Crippen MR) is 70.9 cm³/mol. The van der Waals surface area contributed by atoms with E-state index in [0.29, 0.717) is 25.0 Å². The lowest BCUT2D eigenvalue weighted by molar-refractivity contribution is -0.274. The molecular weight excluding hydrogens is 287 g/mol. The van der Waals surface area contributed by atoms with E-state index in [1.807, 2.05) is 0 Å². The van der Waals surface area contributed by atoms with Gasteiger partial charge in [-0.05, 0) is 30.5 Å². The van der Waals surface area contributed by atoms with Crippen molar-refractivity contribution < 1.29 is 27.4 Å². The summed E-state index contributed by atoms with van der Waals surface area (Å²) in [4.78, 5) is 11.8. The molecule has 0 amide bonds. The van der Waals surface area contributed by atoms with Crippen molar-refractivity contribution in [2.75, 3.05) is 13.7 Å². The first-order valence-corrected chi connectivity index (χ1v) is 6.43. The van der Waals surface area contributed by atoms with Crippen LogP contribution in [-0.2, 0) is 16.0 Å². The Kier molecular flexibility index (Phi) is 6.64. The van der Waals surface area contributed by atoms with E-state index < -0.39 is 12.4 Å². The smallest absolute Gasteiger partial charge is 0.406 e. The van der Waals surface area contributed by atoms with Gasteiger partial charge in [-0.15, -0.1) is 13.2 Å². The first-order valence-electron chi connectivity index (χ1n) is 6.43. The van der Waals surface area contributed by atoms with E-state index in [1.165, 1.54) is 24.3 Å². The minimum Gasteiger partial charge on any atom is -0.406 e. The maximum absolute atomic E-state index is 12.0. The Balaban J connectivity index is 2.49. The van der Waals surface area contributed by atoms with Gasteiger partial charge in [0.15, 0.2) is 5.78 Å². The molecule has 0 saturated heterocycles. The third-order valence-electron chi connectivity index (χ3n) is 2.81. The van der Waals surface area contributed by atoms with Gasteiger partial charge in [0.1, 0.15) is 5.75 Å². The van der Waals surface area contributed by atoms with Gasteiger partial charge < -0.3 is 15.2 Å². The van der Waals surface area contributed by atoms with Gasteiger partial charge >= 0.3 is 6.36 Å². The highest BCUT2D eigenvalue weighted by Crippen LogP contribution is 2.22. The Hall–Kier alpha value is -1.60. The summed E-state index contributed by atoms with van der Waals surface area (Å²) in [5.41, 5.74) is 6.33. The number of carbonyl (C=O) groups excluding carboxylic acids is 1. The van der Waals surface area contributed by atoms with Crippen molar-refractivity contribution in [1.82, 2.24) is 0 Å². The number of halogens is 3. The molecule has 0 aromatic heterocycles. The minimum absolute atomic E-state index is 0.0838. The van der Waals surface area contributed by atoms with Gasteiger partial charge in [-0.2, -0.15) is 0 Å². The molecule has 0 bridgehead atoms. The van der Waals surface area contributed by atoms with E-state index in [4.69, 9.17) is 10.5 Å². The normalized spacial score (nSPS) is 13.0. The molecule has 0 aliphatic heterocycles. The number of ketones is 1. The molecule has 0 radical (unpaired) electrons. The fourth-order valence-corrected chi connectivity index (χ4v) is 1.75. The highest BCUT2D eigenvalue weighted by Gasteiger charge is 2.30. The number of Topliss-reactive ketones (excluding diaryl/α,β-unsaturated/α-hetero) is 1. The van der Waals surface area contributed by atoms with Gasteiger partial charge in [-0.25, -0.2) is 0 Å². The lowest BCUT2D eigenvalue weighted by atomic mass is 10.0. The standard InChI is InChI=1S/C14H18F3NO3/c1-20-8-2-3-12(18)13(19)9-10-4-6-11(7-5-10)21-14(15,16)17/h4-7,12H,2-3,8-9,18H2,1H3. The van der Waals surface area contributed by atoms with Crippen molar-refractivity contribution in [2.24, 2.45) is 5.73 Å². The maximum atomic E-state index is 12.0. The van der Waals surface area contributed by atoms with E-state index in [-0.39, 0.29) is 18.0 Å². The quantitative estimate of drug-likeness (QED) is 0.749. The first kappa shape index (κ1) is 17.5. The highest BCUT2D eigenvalue weighted by molar-refractivity contribution is 5.85. The van der Waals surface area contributed by atoms with Crippen LogP contribution in [0.4, 0.5) is 13.2 Å². The molecule has 7 heteroatoms. The molecule has 1 rings (SSSR count). The molecule has 0 heterocycles. The van der Waals surface area contributed by atoms with Crippen LogP contribution in [0.2, 0.25) is 0 Å². The van der Waals surface area contributed by atoms with Gasteiger partial charge in [-0.1, -0.05) is 12.1 Å². The zero-order chi connectivity index (χ0) is 15.9. The number of alkyl halides is 3. The molecule has 0 saturated carbocycles. The molecule has 1 atom stereocenters. The monoisotopic (exact) mass is 305 g/mol. The number of methoxy groups -OCH3 is 1. The summed E-state index contributed by atoms with van der Waals surface area (Å²) in [6, 6.07) is 4.59. The summed E-state index contributed by atoms with van der Waals surface area (Å²) in [7, 11) is 1.57. The lowest BCUT2D eigenvalue weighted by Gasteiger charge is -2.11. The molecule has 118 valence electrons. The summed E-state index contributed by atoms with van der Waals surface area (Å²) >= 11 is 0. The van der Waals surface area contributed by atoms with Crippen LogP contribution in [0.3, 0.4) is 0 Å². The number of rotatable bonds is 8. The van der Waals surface area contributed by atoms with Gasteiger partial charge in [0.2, 0.25) is 0 Å². The van der Waals surface area contributed by atoms with Crippen LogP contribution in [-0.4, -0.2) is 31.9 Å². The fraction of sp³-hybridized carbons (Fsp3) is 0.500. The van der Waals surface area contributed by atoms with Crippen LogP contribution in [0.1, 0.15) is 18.4 Å². The molecule has 0 aliphatic rings. The third-order valence-corrected chi connectivity index (χ3v) is 2.81. The molecule has 21 heavy (non-hydrogen) atoms. The predicted octanol–water partition coefficient (Wildman–Crippen LogP) is 2.45. The van der Waals surface area contributed by atoms with E-state index in [0.717, 1.165) is 0 Å². The topological polar surface area (TPSA) is 61.5 Å². The Labute approximate surface area is 121 Å². The van der Waals surface area contributed by atoms with Gasteiger partial charge in [0.05, 0.1) is 6.04 Å². The molecule has 1 unspecified atom stereocenters. The van der Waals surface area contributed by atoms with Crippen LogP contribution < -0.4 is 10.5 Å². The van der Waals surface area contributed by atoms with E-state index in [1.54, 1.807) is 7.11 Å². The summed E-state index contributed by atoms with van der Waals surface area (Å²) < 4.78 is 44.6. The Morgan fingerprint density at radius 3 is 2.43 bits per heavy atom. The second-order valence-corrected chi connectivity index (χ2v) is 4.58. The molecule has 2 N–H and O–H groups in total. The van der Waals surface area contributed by atoms with Crippen LogP contribution in [0.15, 0.2) is 24.3 Å². The van der Waals surface area contributed by atoms with Gasteiger partial charge in [0, 0.05) is 20.1 Å². The van der Waals surface area contributed by atoms with E-state index >= 15 is 0 Å². The Morgan fingerprint density at radius 1 is 1.29 bits per heavy atom. The molecule has 4 nitrogen and oxygen atoms in total. The zero-order valence-corrected chi connectivity index (χ0v) is 11.7. The largest absolute Gasteiger partial charge is 0.573 e. The minimum atomic E-state index is -4.72. The van der Waals surface area contributed by atoms with Gasteiger partial charge in [0.25, 0.3) is 0 Å². The van der Waals surface area contributed by atoms with Crippen molar-refractivity contribution in [1.29, 1.82) is 0 Å². The van der Waals surface area contributed by atoms with E-state index in [2.05, 4.69) is 4.74 Å². The van der Waals surface area contributed by atoms with Crippen molar-refractivity contribution in [3.05, 3.63) is 29.8 Å². The Morgan fingerprint density at radius 2 is 1.90 bits per heavy atom. The molecule has 1 aromatic carbocycles. The average Bonchev–Trinajstić information content (AvgIpc) is 2.39. The van der Waals surface area contributed by atoms with Crippen molar-refractivity contribution in [3.63, 3.8) is 0 Å². The van der Waals surface area contributed by atoms with Crippen molar-refractivity contribution in [3.8, 4) is 5.75 Å². The first-order chi connectivity index (χ1) is 9.81. The van der Waals surface area contributed by atoms with Crippen molar-refractivity contribution in [2.45, 2.75) is 31.7 Å². The number of ether oxygens (including phenoxy) is 2. The summed E-state index contributed by atoms with van der Waals surface area (Å²) in [6.45, 7) is 0.532. The van der Waals surface area contributed by atoms with Crippen LogP contribution in [0.25, 0.3) is 0 Å². The average molecular weight is 305 g/mol. The Bertz CT molecular complexity index is 446. The van der Waals surface area contributed by atoms with Crippen LogP contribution >= 0.6 is 0 Å². The second-order valence-electron chi connectivity index (χ2n) is 4.58. The highest BCUT2D eigenvalue weighted by atomic mass is 19.4. The SMILES string of the molecule is COCCCC(N)C(=O)Cc1ccc(OC(F)(F)F)cc1. The third kappa shape index (κ3) is 7.10.